The molecule has 5 N–H and O–H groups in total. The van der Waals surface area contributed by atoms with Crippen LogP contribution in [0.15, 0.2) is 48.7 Å². The third-order valence-corrected chi connectivity index (χ3v) is 5.10. The Balaban J connectivity index is 1.72. The van der Waals surface area contributed by atoms with Gasteiger partial charge in [-0.05, 0) is 42.5 Å². The SMILES string of the molecule is NCCOc1cc(-c2ccnc(N)n2)cc2sc(C(=O)Nc3ccc(F)cc3)nc12. The number of anilines is 2. The summed E-state index contributed by atoms with van der Waals surface area (Å²) in [6.07, 6.45) is 1.57. The minimum absolute atomic E-state index is 0.153. The first-order valence-electron chi connectivity index (χ1n) is 8.97. The summed E-state index contributed by atoms with van der Waals surface area (Å²) in [7, 11) is 0. The van der Waals surface area contributed by atoms with Crippen molar-refractivity contribution >= 4 is 39.1 Å². The summed E-state index contributed by atoms with van der Waals surface area (Å²) in [5.74, 6) is -0.143. The van der Waals surface area contributed by atoms with Crippen LogP contribution < -0.4 is 21.5 Å². The fourth-order valence-corrected chi connectivity index (χ4v) is 3.69. The summed E-state index contributed by atoms with van der Waals surface area (Å²) in [6.45, 7) is 0.618. The molecule has 2 heterocycles. The van der Waals surface area contributed by atoms with E-state index in [4.69, 9.17) is 16.2 Å². The van der Waals surface area contributed by atoms with Gasteiger partial charge in [0, 0.05) is 24.0 Å². The van der Waals surface area contributed by atoms with E-state index in [1.165, 1.54) is 35.6 Å². The average Bonchev–Trinajstić information content (AvgIpc) is 3.18. The number of nitrogen functional groups attached to an aromatic ring is 1. The molecule has 0 fully saturated rings. The largest absolute Gasteiger partial charge is 0.490 e. The Morgan fingerprint density at radius 3 is 2.70 bits per heavy atom. The molecule has 10 heteroatoms. The summed E-state index contributed by atoms with van der Waals surface area (Å²) in [4.78, 5) is 25.2. The standard InChI is InChI=1S/C20H17FN6O2S/c21-12-1-3-13(4-2-12)25-18(28)19-27-17-15(29-8-6-22)9-11(10-16(17)30-19)14-5-7-24-20(23)26-14/h1-5,7,9-10H,6,8,22H2,(H,25,28)(H2,23,24,26). The van der Waals surface area contributed by atoms with Gasteiger partial charge in [-0.3, -0.25) is 4.79 Å². The maximum atomic E-state index is 13.1. The Morgan fingerprint density at radius 1 is 1.17 bits per heavy atom. The Hall–Kier alpha value is -3.63. The highest BCUT2D eigenvalue weighted by Crippen LogP contribution is 2.35. The van der Waals surface area contributed by atoms with Crippen LogP contribution in [0.1, 0.15) is 9.80 Å². The van der Waals surface area contributed by atoms with E-state index in [-0.39, 0.29) is 16.8 Å². The highest BCUT2D eigenvalue weighted by atomic mass is 32.1. The zero-order valence-electron chi connectivity index (χ0n) is 15.6. The van der Waals surface area contributed by atoms with E-state index in [0.29, 0.717) is 35.8 Å². The van der Waals surface area contributed by atoms with E-state index in [1.54, 1.807) is 18.3 Å². The van der Waals surface area contributed by atoms with Crippen molar-refractivity contribution in [1.29, 1.82) is 0 Å². The molecule has 0 aliphatic carbocycles. The van der Waals surface area contributed by atoms with Gasteiger partial charge in [-0.2, -0.15) is 0 Å². The van der Waals surface area contributed by atoms with Gasteiger partial charge in [-0.1, -0.05) is 0 Å². The number of carbonyl (C=O) groups excluding carboxylic acids is 1. The molecule has 0 aliphatic heterocycles. The van der Waals surface area contributed by atoms with Crippen LogP contribution in [0.4, 0.5) is 16.0 Å². The molecule has 30 heavy (non-hydrogen) atoms. The fourth-order valence-electron chi connectivity index (χ4n) is 2.78. The van der Waals surface area contributed by atoms with Crippen molar-refractivity contribution in [2.24, 2.45) is 5.73 Å². The third kappa shape index (κ3) is 4.19. The minimum atomic E-state index is -0.402. The first-order valence-corrected chi connectivity index (χ1v) is 9.78. The number of fused-ring (bicyclic) bond motifs is 1. The lowest BCUT2D eigenvalue weighted by atomic mass is 10.1. The van der Waals surface area contributed by atoms with E-state index in [1.807, 2.05) is 6.07 Å². The van der Waals surface area contributed by atoms with E-state index in [2.05, 4.69) is 20.3 Å². The average molecular weight is 424 g/mol. The first-order chi connectivity index (χ1) is 14.5. The summed E-state index contributed by atoms with van der Waals surface area (Å²) in [5, 5.41) is 2.95. The molecule has 0 aliphatic rings. The topological polar surface area (TPSA) is 129 Å². The summed E-state index contributed by atoms with van der Waals surface area (Å²) in [5.41, 5.74) is 13.6. The molecule has 8 nitrogen and oxygen atoms in total. The smallest absolute Gasteiger partial charge is 0.284 e. The van der Waals surface area contributed by atoms with Crippen molar-refractivity contribution in [2.45, 2.75) is 0 Å². The van der Waals surface area contributed by atoms with Crippen LogP contribution in [0, 0.1) is 5.82 Å². The van der Waals surface area contributed by atoms with E-state index < -0.39 is 5.91 Å². The molecule has 2 aromatic heterocycles. The van der Waals surface area contributed by atoms with Gasteiger partial charge in [0.2, 0.25) is 5.95 Å². The van der Waals surface area contributed by atoms with Crippen molar-refractivity contribution in [3.63, 3.8) is 0 Å². The van der Waals surface area contributed by atoms with Gasteiger partial charge >= 0.3 is 0 Å². The van der Waals surface area contributed by atoms with Crippen LogP contribution in [-0.4, -0.2) is 34.0 Å². The first kappa shape index (κ1) is 19.7. The lowest BCUT2D eigenvalue weighted by Crippen LogP contribution is -2.12. The fraction of sp³-hybridized carbons (Fsp3) is 0.100. The lowest BCUT2D eigenvalue weighted by Gasteiger charge is -2.08. The zero-order valence-corrected chi connectivity index (χ0v) is 16.4. The maximum Gasteiger partial charge on any atom is 0.284 e. The molecule has 0 unspecified atom stereocenters. The summed E-state index contributed by atoms with van der Waals surface area (Å²) < 4.78 is 19.6. The Morgan fingerprint density at radius 2 is 1.97 bits per heavy atom. The number of thiazole rings is 1. The van der Waals surface area contributed by atoms with Crippen LogP contribution in [0.3, 0.4) is 0 Å². The predicted octanol–water partition coefficient (Wildman–Crippen LogP) is 3.06. The van der Waals surface area contributed by atoms with Crippen molar-refractivity contribution in [3.8, 4) is 17.0 Å². The second-order valence-corrected chi connectivity index (χ2v) is 7.27. The number of nitrogens with one attached hydrogen (secondary N) is 1. The second kappa shape index (κ2) is 8.39. The van der Waals surface area contributed by atoms with Gasteiger partial charge in [0.1, 0.15) is 23.7 Å². The number of benzene rings is 2. The summed E-state index contributed by atoms with van der Waals surface area (Å²) >= 11 is 1.21. The number of amides is 1. The molecule has 0 spiro atoms. The number of rotatable bonds is 6. The van der Waals surface area contributed by atoms with E-state index >= 15 is 0 Å². The highest BCUT2D eigenvalue weighted by molar-refractivity contribution is 7.20. The van der Waals surface area contributed by atoms with E-state index in [0.717, 1.165) is 10.3 Å². The molecule has 152 valence electrons. The Bertz CT molecular complexity index is 1210. The molecular formula is C20H17FN6O2S. The van der Waals surface area contributed by atoms with Crippen LogP contribution in [0.5, 0.6) is 5.75 Å². The van der Waals surface area contributed by atoms with Crippen LogP contribution in [0.25, 0.3) is 21.5 Å². The van der Waals surface area contributed by atoms with Gasteiger partial charge in [0.25, 0.3) is 5.91 Å². The number of nitrogens with zero attached hydrogens (tertiary/aromatic N) is 3. The quantitative estimate of drug-likeness (QED) is 0.434. The number of hydrogen-bond donors (Lipinski definition) is 3. The highest BCUT2D eigenvalue weighted by Gasteiger charge is 2.18. The van der Waals surface area contributed by atoms with Crippen LogP contribution in [0.2, 0.25) is 0 Å². The molecule has 0 radical (unpaired) electrons. The van der Waals surface area contributed by atoms with Gasteiger partial charge in [0.05, 0.1) is 10.4 Å². The molecule has 2 aromatic carbocycles. The van der Waals surface area contributed by atoms with Gasteiger partial charge < -0.3 is 21.5 Å². The monoisotopic (exact) mass is 424 g/mol. The number of hydrogen-bond acceptors (Lipinski definition) is 8. The van der Waals surface area contributed by atoms with Crippen molar-refractivity contribution in [3.05, 3.63) is 59.5 Å². The molecule has 0 saturated heterocycles. The number of halogens is 1. The van der Waals surface area contributed by atoms with Crippen molar-refractivity contribution in [2.75, 3.05) is 24.2 Å². The number of aromatic nitrogens is 3. The predicted molar refractivity (Wildman–Crippen MR) is 114 cm³/mol. The summed E-state index contributed by atoms with van der Waals surface area (Å²) in [6, 6.07) is 10.9. The molecule has 1 amide bonds. The Labute approximate surface area is 174 Å². The minimum Gasteiger partial charge on any atom is -0.490 e. The molecule has 4 aromatic rings. The van der Waals surface area contributed by atoms with E-state index in [9.17, 15) is 9.18 Å². The number of carbonyl (C=O) groups is 1. The van der Waals surface area contributed by atoms with Crippen LogP contribution >= 0.6 is 11.3 Å². The van der Waals surface area contributed by atoms with Crippen molar-refractivity contribution in [1.82, 2.24) is 15.0 Å². The van der Waals surface area contributed by atoms with Crippen molar-refractivity contribution < 1.29 is 13.9 Å². The molecular weight excluding hydrogens is 407 g/mol. The van der Waals surface area contributed by atoms with Gasteiger partial charge in [-0.25, -0.2) is 19.3 Å². The van der Waals surface area contributed by atoms with Crippen LogP contribution in [-0.2, 0) is 0 Å². The number of nitrogens with two attached hydrogens (primary N) is 2. The van der Waals surface area contributed by atoms with Gasteiger partial charge in [-0.15, -0.1) is 11.3 Å². The Kier molecular flexibility index (Phi) is 5.50. The molecule has 0 saturated carbocycles. The second-order valence-electron chi connectivity index (χ2n) is 6.24. The van der Waals surface area contributed by atoms with Gasteiger partial charge in [0.15, 0.2) is 5.01 Å². The zero-order chi connectivity index (χ0) is 21.1. The third-order valence-electron chi connectivity index (χ3n) is 4.10. The molecule has 0 atom stereocenters. The normalized spacial score (nSPS) is 10.9. The maximum absolute atomic E-state index is 13.1. The molecule has 4 rings (SSSR count). The lowest BCUT2D eigenvalue weighted by molar-refractivity contribution is 0.102. The number of ether oxygens (including phenoxy) is 1. The molecule has 0 bridgehead atoms.